The number of amides is 1. The first kappa shape index (κ1) is 21.2. The van der Waals surface area contributed by atoms with Crippen molar-refractivity contribution in [3.05, 3.63) is 47.0 Å². The number of hydrogen-bond acceptors (Lipinski definition) is 7. The maximum absolute atomic E-state index is 13.6. The van der Waals surface area contributed by atoms with Crippen molar-refractivity contribution in [2.75, 3.05) is 51.1 Å². The maximum atomic E-state index is 13.6. The highest BCUT2D eigenvalue weighted by Gasteiger charge is 2.24. The van der Waals surface area contributed by atoms with E-state index in [1.807, 2.05) is 4.90 Å². The zero-order valence-electron chi connectivity index (χ0n) is 18.4. The molecule has 0 radical (unpaired) electrons. The summed E-state index contributed by atoms with van der Waals surface area (Å²) < 4.78 is 17.4. The molecule has 8 heteroatoms. The van der Waals surface area contributed by atoms with Crippen LogP contribution < -0.4 is 14.4 Å². The highest BCUT2D eigenvalue weighted by atomic mass is 32.1. The number of rotatable bonds is 6. The molecule has 1 saturated heterocycles. The number of anilines is 1. The summed E-state index contributed by atoms with van der Waals surface area (Å²) in [4.78, 5) is 22.7. The van der Waals surface area contributed by atoms with Crippen LogP contribution in [0.15, 0.2) is 30.3 Å². The third-order valence-electron chi connectivity index (χ3n) is 5.87. The van der Waals surface area contributed by atoms with Crippen molar-refractivity contribution >= 4 is 32.6 Å². The number of nitrogens with zero attached hydrogens (tertiary/aromatic N) is 3. The number of benzene rings is 2. The van der Waals surface area contributed by atoms with Crippen molar-refractivity contribution < 1.29 is 19.0 Å². The maximum Gasteiger partial charge on any atom is 0.260 e. The van der Waals surface area contributed by atoms with Gasteiger partial charge in [0.1, 0.15) is 0 Å². The zero-order valence-corrected chi connectivity index (χ0v) is 19.2. The fourth-order valence-electron chi connectivity index (χ4n) is 4.22. The minimum atomic E-state index is -0.0706. The van der Waals surface area contributed by atoms with Gasteiger partial charge in [0.05, 0.1) is 23.4 Å². The number of ether oxygens (including phenoxy) is 3. The van der Waals surface area contributed by atoms with Gasteiger partial charge in [-0.2, -0.15) is 0 Å². The van der Waals surface area contributed by atoms with E-state index in [1.54, 1.807) is 29.5 Å². The van der Waals surface area contributed by atoms with Gasteiger partial charge in [-0.05, 0) is 55.7 Å². The van der Waals surface area contributed by atoms with E-state index >= 15 is 0 Å². The van der Waals surface area contributed by atoms with Gasteiger partial charge in [-0.25, -0.2) is 4.98 Å². The van der Waals surface area contributed by atoms with Crippen LogP contribution in [0.2, 0.25) is 0 Å². The van der Waals surface area contributed by atoms with Gasteiger partial charge in [-0.1, -0.05) is 17.4 Å². The molecule has 2 aliphatic rings. The standard InChI is InChI=1S/C24H27N3O4S/c1-16-12-17(2)22-21(13-16)32-24(25-22)27(7-3-6-26-8-10-29-11-9-26)23(28)18-4-5-19-20(14-18)31-15-30-19/h4-5,12-14H,3,6-11,15H2,1-2H3. The van der Waals surface area contributed by atoms with Crippen LogP contribution >= 0.6 is 11.3 Å². The molecule has 3 aromatic rings. The Bertz CT molecular complexity index is 1140. The number of thiazole rings is 1. The molecule has 5 rings (SSSR count). The van der Waals surface area contributed by atoms with Gasteiger partial charge >= 0.3 is 0 Å². The molecule has 0 aliphatic carbocycles. The number of fused-ring (bicyclic) bond motifs is 2. The lowest BCUT2D eigenvalue weighted by Gasteiger charge is -2.27. The van der Waals surface area contributed by atoms with Crippen molar-refractivity contribution in [1.82, 2.24) is 9.88 Å². The minimum absolute atomic E-state index is 0.0706. The van der Waals surface area contributed by atoms with E-state index < -0.39 is 0 Å². The van der Waals surface area contributed by atoms with E-state index in [0.717, 1.165) is 60.2 Å². The lowest BCUT2D eigenvalue weighted by atomic mass is 10.1. The van der Waals surface area contributed by atoms with Gasteiger partial charge in [0.15, 0.2) is 16.6 Å². The normalized spacial score (nSPS) is 15.9. The molecule has 0 saturated carbocycles. The summed E-state index contributed by atoms with van der Waals surface area (Å²) in [6.45, 7) is 9.30. The Morgan fingerprint density at radius 3 is 2.78 bits per heavy atom. The molecular formula is C24H27N3O4S. The van der Waals surface area contributed by atoms with Gasteiger partial charge in [-0.3, -0.25) is 14.6 Å². The van der Waals surface area contributed by atoms with E-state index in [0.29, 0.717) is 23.6 Å². The van der Waals surface area contributed by atoms with Crippen molar-refractivity contribution in [2.45, 2.75) is 20.3 Å². The Balaban J connectivity index is 1.42. The quantitative estimate of drug-likeness (QED) is 0.562. The van der Waals surface area contributed by atoms with Crippen molar-refractivity contribution in [2.24, 2.45) is 0 Å². The highest BCUT2D eigenvalue weighted by molar-refractivity contribution is 7.22. The van der Waals surface area contributed by atoms with Crippen molar-refractivity contribution in [1.29, 1.82) is 0 Å². The lowest BCUT2D eigenvalue weighted by Crippen LogP contribution is -2.39. The molecule has 3 heterocycles. The monoisotopic (exact) mass is 453 g/mol. The van der Waals surface area contributed by atoms with Crippen LogP contribution in [0.25, 0.3) is 10.2 Å². The third kappa shape index (κ3) is 4.30. The number of carbonyl (C=O) groups is 1. The molecule has 168 valence electrons. The average Bonchev–Trinajstić information content (AvgIpc) is 3.43. The fraction of sp³-hybridized carbons (Fsp3) is 0.417. The molecule has 0 N–H and O–H groups in total. The van der Waals surface area contributed by atoms with E-state index in [2.05, 4.69) is 30.9 Å². The summed E-state index contributed by atoms with van der Waals surface area (Å²) in [5.41, 5.74) is 3.87. The number of hydrogen-bond donors (Lipinski definition) is 0. The second kappa shape index (κ2) is 9.05. The van der Waals surface area contributed by atoms with E-state index in [-0.39, 0.29) is 12.7 Å². The van der Waals surface area contributed by atoms with Crippen LogP contribution in [-0.4, -0.2) is 62.0 Å². The van der Waals surface area contributed by atoms with E-state index in [9.17, 15) is 4.79 Å². The molecule has 2 aliphatic heterocycles. The second-order valence-corrected chi connectivity index (χ2v) is 9.27. The second-order valence-electron chi connectivity index (χ2n) is 8.26. The summed E-state index contributed by atoms with van der Waals surface area (Å²) in [6, 6.07) is 9.64. The molecule has 1 amide bonds. The molecule has 7 nitrogen and oxygen atoms in total. The summed E-state index contributed by atoms with van der Waals surface area (Å²) in [5, 5.41) is 0.735. The minimum Gasteiger partial charge on any atom is -0.454 e. The van der Waals surface area contributed by atoms with Gasteiger partial charge in [0.25, 0.3) is 5.91 Å². The Morgan fingerprint density at radius 2 is 1.94 bits per heavy atom. The van der Waals surface area contributed by atoms with Crippen molar-refractivity contribution in [3.63, 3.8) is 0 Å². The van der Waals surface area contributed by atoms with Gasteiger partial charge in [-0.15, -0.1) is 0 Å². The Labute approximate surface area is 191 Å². The van der Waals surface area contributed by atoms with Crippen LogP contribution in [0.1, 0.15) is 27.9 Å². The Morgan fingerprint density at radius 1 is 1.12 bits per heavy atom. The lowest BCUT2D eigenvalue weighted by molar-refractivity contribution is 0.0376. The topological polar surface area (TPSA) is 64.1 Å². The van der Waals surface area contributed by atoms with Gasteiger partial charge in [0.2, 0.25) is 6.79 Å². The molecule has 0 spiro atoms. The number of morpholine rings is 1. The highest BCUT2D eigenvalue weighted by Crippen LogP contribution is 2.35. The Kier molecular flexibility index (Phi) is 5.99. The summed E-state index contributed by atoms with van der Waals surface area (Å²) in [5.74, 6) is 1.21. The van der Waals surface area contributed by atoms with Crippen molar-refractivity contribution in [3.8, 4) is 11.5 Å². The summed E-state index contributed by atoms with van der Waals surface area (Å²) in [7, 11) is 0. The molecular weight excluding hydrogens is 426 g/mol. The van der Waals surface area contributed by atoms with Crippen LogP contribution in [-0.2, 0) is 4.74 Å². The van der Waals surface area contributed by atoms with Crippen LogP contribution in [0.4, 0.5) is 5.13 Å². The zero-order chi connectivity index (χ0) is 22.1. The first-order valence-corrected chi connectivity index (χ1v) is 11.8. The summed E-state index contributed by atoms with van der Waals surface area (Å²) in [6.07, 6.45) is 0.865. The molecule has 32 heavy (non-hydrogen) atoms. The smallest absolute Gasteiger partial charge is 0.260 e. The van der Waals surface area contributed by atoms with Crippen LogP contribution in [0.5, 0.6) is 11.5 Å². The van der Waals surface area contributed by atoms with Crippen LogP contribution in [0.3, 0.4) is 0 Å². The average molecular weight is 454 g/mol. The van der Waals surface area contributed by atoms with E-state index in [4.69, 9.17) is 19.2 Å². The number of aromatic nitrogens is 1. The van der Waals surface area contributed by atoms with Crippen LogP contribution in [0, 0.1) is 13.8 Å². The fourth-order valence-corrected chi connectivity index (χ4v) is 5.39. The summed E-state index contributed by atoms with van der Waals surface area (Å²) >= 11 is 1.57. The first-order valence-electron chi connectivity index (χ1n) is 11.0. The molecule has 0 bridgehead atoms. The first-order chi connectivity index (χ1) is 15.6. The predicted octanol–water partition coefficient (Wildman–Crippen LogP) is 4.01. The van der Waals surface area contributed by atoms with Gasteiger partial charge < -0.3 is 14.2 Å². The molecule has 1 fully saturated rings. The SMILES string of the molecule is Cc1cc(C)c2nc(N(CCCN3CCOCC3)C(=O)c3ccc4c(c3)OCO4)sc2c1. The predicted molar refractivity (Wildman–Crippen MR) is 125 cm³/mol. The van der Waals surface area contributed by atoms with E-state index in [1.165, 1.54) is 5.56 Å². The molecule has 2 aromatic carbocycles. The molecule has 1 aromatic heterocycles. The molecule has 0 atom stereocenters. The number of aryl methyl sites for hydroxylation is 2. The van der Waals surface area contributed by atoms with Gasteiger partial charge in [0, 0.05) is 31.7 Å². The molecule has 0 unspecified atom stereocenters. The third-order valence-corrected chi connectivity index (χ3v) is 6.90. The Hall–Kier alpha value is -2.68. The largest absolute Gasteiger partial charge is 0.454 e. The number of carbonyl (C=O) groups excluding carboxylic acids is 1.